The minimum atomic E-state index is -0.173. The molecule has 0 spiro atoms. The fraction of sp³-hybridized carbons (Fsp3) is 0.533. The summed E-state index contributed by atoms with van der Waals surface area (Å²) < 4.78 is 16.4. The zero-order chi connectivity index (χ0) is 13.4. The van der Waals surface area contributed by atoms with Crippen LogP contribution in [0.15, 0.2) is 12.1 Å². The van der Waals surface area contributed by atoms with Crippen LogP contribution in [0, 0.1) is 23.4 Å². The molecule has 0 atom stereocenters. The molecule has 1 saturated carbocycles. The first-order chi connectivity index (χ1) is 9.15. The van der Waals surface area contributed by atoms with Crippen LogP contribution in [0.3, 0.4) is 0 Å². The lowest BCUT2D eigenvalue weighted by atomic mass is 9.89. The fourth-order valence-electron chi connectivity index (χ4n) is 3.09. The second-order valence-corrected chi connectivity index (χ2v) is 6.05. The molecule has 1 aliphatic carbocycles. The van der Waals surface area contributed by atoms with E-state index in [1.807, 2.05) is 6.07 Å². The second kappa shape index (κ2) is 5.08. The van der Waals surface area contributed by atoms with Crippen molar-refractivity contribution in [1.29, 1.82) is 0 Å². The molecule has 0 unspecified atom stereocenters. The zero-order valence-corrected chi connectivity index (χ0v) is 12.0. The van der Waals surface area contributed by atoms with Crippen LogP contribution in [-0.2, 0) is 6.54 Å². The predicted octanol–water partition coefficient (Wildman–Crippen LogP) is 4.73. The van der Waals surface area contributed by atoms with Crippen LogP contribution >= 0.6 is 12.2 Å². The number of aryl methyl sites for hydroxylation is 1. The number of benzene rings is 1. The zero-order valence-electron chi connectivity index (χ0n) is 11.2. The predicted molar refractivity (Wildman–Crippen MR) is 78.4 cm³/mol. The Morgan fingerprint density at radius 3 is 2.79 bits per heavy atom. The van der Waals surface area contributed by atoms with Gasteiger partial charge in [0, 0.05) is 6.54 Å². The highest BCUT2D eigenvalue weighted by Gasteiger charge is 2.16. The molecule has 4 heteroatoms. The molecule has 102 valence electrons. The third kappa shape index (κ3) is 2.46. The van der Waals surface area contributed by atoms with Crippen LogP contribution in [0.1, 0.15) is 37.7 Å². The van der Waals surface area contributed by atoms with Gasteiger partial charge in [0.05, 0.1) is 11.0 Å². The van der Waals surface area contributed by atoms with Gasteiger partial charge < -0.3 is 9.55 Å². The lowest BCUT2D eigenvalue weighted by Crippen LogP contribution is -2.14. The Labute approximate surface area is 117 Å². The third-order valence-electron chi connectivity index (χ3n) is 4.22. The van der Waals surface area contributed by atoms with Gasteiger partial charge in [0.15, 0.2) is 4.77 Å². The van der Waals surface area contributed by atoms with E-state index in [0.29, 0.717) is 16.3 Å². The Hall–Kier alpha value is -1.16. The molecule has 0 saturated heterocycles. The largest absolute Gasteiger partial charge is 0.330 e. The maximum Gasteiger partial charge on any atom is 0.178 e. The first kappa shape index (κ1) is 12.9. The van der Waals surface area contributed by atoms with Crippen molar-refractivity contribution in [2.24, 2.45) is 5.92 Å². The van der Waals surface area contributed by atoms with Crippen molar-refractivity contribution < 1.29 is 4.39 Å². The quantitative estimate of drug-likeness (QED) is 0.788. The summed E-state index contributed by atoms with van der Waals surface area (Å²) in [5, 5.41) is 0. The van der Waals surface area contributed by atoms with Gasteiger partial charge in [-0.25, -0.2) is 4.39 Å². The molecule has 0 amide bonds. The highest BCUT2D eigenvalue weighted by Crippen LogP contribution is 2.27. The summed E-state index contributed by atoms with van der Waals surface area (Å²) in [6.07, 6.45) is 6.59. The number of aromatic nitrogens is 2. The topological polar surface area (TPSA) is 20.7 Å². The Kier molecular flexibility index (Phi) is 3.44. The summed E-state index contributed by atoms with van der Waals surface area (Å²) in [5.74, 6) is 0.540. The molecule has 19 heavy (non-hydrogen) atoms. The minimum absolute atomic E-state index is 0.173. The number of halogens is 1. The summed E-state index contributed by atoms with van der Waals surface area (Å²) in [4.78, 5) is 3.12. The molecule has 0 aliphatic heterocycles. The number of nitrogens with zero attached hydrogens (tertiary/aromatic N) is 1. The van der Waals surface area contributed by atoms with E-state index in [1.165, 1.54) is 32.1 Å². The van der Waals surface area contributed by atoms with Gasteiger partial charge in [-0.1, -0.05) is 19.3 Å². The van der Waals surface area contributed by atoms with Crippen LogP contribution in [0.5, 0.6) is 0 Å². The number of hydrogen-bond acceptors (Lipinski definition) is 1. The van der Waals surface area contributed by atoms with Crippen LogP contribution in [0.4, 0.5) is 4.39 Å². The van der Waals surface area contributed by atoms with Crippen LogP contribution in [0.2, 0.25) is 0 Å². The van der Waals surface area contributed by atoms with Crippen molar-refractivity contribution in [3.63, 3.8) is 0 Å². The molecule has 1 fully saturated rings. The number of aromatic amines is 1. The molecule has 0 bridgehead atoms. The summed E-state index contributed by atoms with van der Waals surface area (Å²) >= 11 is 5.39. The number of nitrogens with one attached hydrogen (secondary N) is 1. The maximum absolute atomic E-state index is 13.6. The van der Waals surface area contributed by atoms with Gasteiger partial charge in [-0.05, 0) is 55.6 Å². The van der Waals surface area contributed by atoms with Gasteiger partial charge in [-0.3, -0.25) is 0 Å². The fourth-order valence-corrected chi connectivity index (χ4v) is 3.37. The van der Waals surface area contributed by atoms with Crippen molar-refractivity contribution in [3.05, 3.63) is 28.3 Å². The molecule has 1 aliphatic rings. The number of hydrogen-bond donors (Lipinski definition) is 1. The van der Waals surface area contributed by atoms with E-state index in [9.17, 15) is 4.39 Å². The lowest BCUT2D eigenvalue weighted by molar-refractivity contribution is 0.321. The molecule has 0 radical (unpaired) electrons. The summed E-state index contributed by atoms with van der Waals surface area (Å²) in [5.41, 5.74) is 2.53. The third-order valence-corrected chi connectivity index (χ3v) is 4.54. The first-order valence-corrected chi connectivity index (χ1v) is 7.44. The number of rotatable bonds is 2. The molecule has 3 rings (SSSR count). The molecular formula is C15H19FN2S. The monoisotopic (exact) mass is 278 g/mol. The number of H-pyrrole nitrogens is 1. The van der Waals surface area contributed by atoms with E-state index >= 15 is 0 Å². The molecule has 1 aromatic carbocycles. The van der Waals surface area contributed by atoms with Gasteiger partial charge in [0.1, 0.15) is 5.82 Å². The van der Waals surface area contributed by atoms with Gasteiger partial charge in [-0.15, -0.1) is 0 Å². The van der Waals surface area contributed by atoms with Crippen molar-refractivity contribution in [1.82, 2.24) is 9.55 Å². The minimum Gasteiger partial charge on any atom is -0.330 e. The summed E-state index contributed by atoms with van der Waals surface area (Å²) in [7, 11) is 0. The Morgan fingerprint density at radius 2 is 2.05 bits per heavy atom. The molecular weight excluding hydrogens is 259 g/mol. The average molecular weight is 278 g/mol. The average Bonchev–Trinajstić information content (AvgIpc) is 2.68. The van der Waals surface area contributed by atoms with Gasteiger partial charge in [-0.2, -0.15) is 0 Å². The SMILES string of the molecule is Cc1cc2c(cc1F)[nH]c(=S)n2CC1CCCCC1. The van der Waals surface area contributed by atoms with Crippen LogP contribution in [-0.4, -0.2) is 9.55 Å². The van der Waals surface area contributed by atoms with E-state index in [1.54, 1.807) is 13.0 Å². The Bertz CT molecular complexity index is 650. The van der Waals surface area contributed by atoms with E-state index in [0.717, 1.165) is 17.6 Å². The van der Waals surface area contributed by atoms with Crippen LogP contribution < -0.4 is 0 Å². The normalized spacial score (nSPS) is 17.2. The number of fused-ring (bicyclic) bond motifs is 1. The lowest BCUT2D eigenvalue weighted by Gasteiger charge is -2.22. The van der Waals surface area contributed by atoms with Crippen molar-refractivity contribution in [2.75, 3.05) is 0 Å². The highest BCUT2D eigenvalue weighted by atomic mass is 32.1. The Morgan fingerprint density at radius 1 is 1.32 bits per heavy atom. The van der Waals surface area contributed by atoms with Crippen LogP contribution in [0.25, 0.3) is 11.0 Å². The van der Waals surface area contributed by atoms with E-state index in [4.69, 9.17) is 12.2 Å². The smallest absolute Gasteiger partial charge is 0.178 e. The number of imidazole rings is 1. The van der Waals surface area contributed by atoms with E-state index in [2.05, 4.69) is 9.55 Å². The van der Waals surface area contributed by atoms with Gasteiger partial charge in [0.2, 0.25) is 0 Å². The van der Waals surface area contributed by atoms with Crippen molar-refractivity contribution >= 4 is 23.3 Å². The molecule has 1 heterocycles. The van der Waals surface area contributed by atoms with E-state index < -0.39 is 0 Å². The molecule has 2 nitrogen and oxygen atoms in total. The van der Waals surface area contributed by atoms with E-state index in [-0.39, 0.29) is 5.82 Å². The first-order valence-electron chi connectivity index (χ1n) is 7.04. The van der Waals surface area contributed by atoms with Crippen molar-refractivity contribution in [3.8, 4) is 0 Å². The summed E-state index contributed by atoms with van der Waals surface area (Å²) in [6, 6.07) is 3.46. The molecule has 1 N–H and O–H groups in total. The standard InChI is InChI=1S/C15H19FN2S/c1-10-7-14-13(8-12(10)16)17-15(19)18(14)9-11-5-3-2-4-6-11/h7-8,11H,2-6,9H2,1H3,(H,17,19). The van der Waals surface area contributed by atoms with Crippen molar-refractivity contribution in [2.45, 2.75) is 45.6 Å². The summed E-state index contributed by atoms with van der Waals surface area (Å²) in [6.45, 7) is 2.76. The Balaban J connectivity index is 2.00. The second-order valence-electron chi connectivity index (χ2n) is 5.66. The molecule has 2 aromatic rings. The molecule has 1 aromatic heterocycles. The van der Waals surface area contributed by atoms with Gasteiger partial charge >= 0.3 is 0 Å². The highest BCUT2D eigenvalue weighted by molar-refractivity contribution is 7.71. The van der Waals surface area contributed by atoms with Gasteiger partial charge in [0.25, 0.3) is 0 Å². The maximum atomic E-state index is 13.6.